The van der Waals surface area contributed by atoms with Crippen molar-refractivity contribution in [1.29, 1.82) is 0 Å². The maximum absolute atomic E-state index is 12.2. The Bertz CT molecular complexity index is 565. The van der Waals surface area contributed by atoms with Gasteiger partial charge in [-0.3, -0.25) is 4.79 Å². The topological polar surface area (TPSA) is 72.9 Å². The molecule has 1 aromatic carbocycles. The molecule has 1 aromatic heterocycles. The first kappa shape index (κ1) is 14.1. The maximum Gasteiger partial charge on any atom is 0.227 e. The molecule has 0 spiro atoms. The van der Waals surface area contributed by atoms with E-state index in [1.807, 2.05) is 48.9 Å². The van der Waals surface area contributed by atoms with Gasteiger partial charge in [0.25, 0.3) is 0 Å². The highest BCUT2D eigenvalue weighted by Crippen LogP contribution is 2.18. The number of nitrogens with two attached hydrogens (primary N) is 1. The Labute approximate surface area is 118 Å². The van der Waals surface area contributed by atoms with Crippen LogP contribution in [-0.2, 0) is 11.3 Å². The van der Waals surface area contributed by atoms with Gasteiger partial charge >= 0.3 is 0 Å². The minimum Gasteiger partial charge on any atom is -0.399 e. The van der Waals surface area contributed by atoms with Gasteiger partial charge in [-0.15, -0.1) is 0 Å². The molecule has 0 saturated heterocycles. The molecule has 106 valence electrons. The molecule has 0 aliphatic heterocycles. The smallest absolute Gasteiger partial charge is 0.227 e. The van der Waals surface area contributed by atoms with E-state index in [1.165, 1.54) is 0 Å². The molecule has 0 radical (unpaired) electrons. The second kappa shape index (κ2) is 6.23. The number of imidazole rings is 1. The minimum atomic E-state index is -0.219. The Morgan fingerprint density at radius 1 is 1.45 bits per heavy atom. The van der Waals surface area contributed by atoms with E-state index in [0.29, 0.717) is 12.2 Å². The highest BCUT2D eigenvalue weighted by molar-refractivity contribution is 5.83. The van der Waals surface area contributed by atoms with Crippen molar-refractivity contribution in [2.75, 3.05) is 5.73 Å². The Morgan fingerprint density at radius 3 is 2.90 bits per heavy atom. The molecule has 0 bridgehead atoms. The molecule has 2 atom stereocenters. The Kier molecular flexibility index (Phi) is 4.40. The molecule has 0 saturated carbocycles. The first-order chi connectivity index (χ1) is 9.56. The lowest BCUT2D eigenvalue weighted by molar-refractivity contribution is -0.122. The molecule has 0 fully saturated rings. The van der Waals surface area contributed by atoms with Crippen LogP contribution >= 0.6 is 0 Å². The fraction of sp³-hybridized carbons (Fsp3) is 0.333. The van der Waals surface area contributed by atoms with Crippen molar-refractivity contribution < 1.29 is 4.79 Å². The SMILES string of the molecule is CC(Cn1ccnc1)NC(=O)C(C)c1cccc(N)c1. The predicted molar refractivity (Wildman–Crippen MR) is 79.1 cm³/mol. The second-order valence-corrected chi connectivity index (χ2v) is 5.06. The van der Waals surface area contributed by atoms with Gasteiger partial charge in [-0.2, -0.15) is 0 Å². The molecular formula is C15H20N4O. The fourth-order valence-corrected chi connectivity index (χ4v) is 2.10. The number of nitrogens with zero attached hydrogens (tertiary/aromatic N) is 2. The highest BCUT2D eigenvalue weighted by atomic mass is 16.1. The van der Waals surface area contributed by atoms with Gasteiger partial charge in [-0.25, -0.2) is 4.98 Å². The fourth-order valence-electron chi connectivity index (χ4n) is 2.10. The number of amides is 1. The van der Waals surface area contributed by atoms with Crippen molar-refractivity contribution in [1.82, 2.24) is 14.9 Å². The van der Waals surface area contributed by atoms with Gasteiger partial charge < -0.3 is 15.6 Å². The van der Waals surface area contributed by atoms with E-state index in [2.05, 4.69) is 10.3 Å². The first-order valence-corrected chi connectivity index (χ1v) is 6.68. The lowest BCUT2D eigenvalue weighted by atomic mass is 9.99. The van der Waals surface area contributed by atoms with Gasteiger partial charge in [-0.1, -0.05) is 12.1 Å². The Morgan fingerprint density at radius 2 is 2.25 bits per heavy atom. The summed E-state index contributed by atoms with van der Waals surface area (Å²) in [6.45, 7) is 4.56. The van der Waals surface area contributed by atoms with Crippen LogP contribution in [0.5, 0.6) is 0 Å². The van der Waals surface area contributed by atoms with Crippen LogP contribution in [0.4, 0.5) is 5.69 Å². The van der Waals surface area contributed by atoms with Crippen LogP contribution in [0.15, 0.2) is 43.0 Å². The molecule has 0 aliphatic carbocycles. The zero-order valence-corrected chi connectivity index (χ0v) is 11.8. The Hall–Kier alpha value is -2.30. The van der Waals surface area contributed by atoms with Crippen molar-refractivity contribution in [3.8, 4) is 0 Å². The zero-order chi connectivity index (χ0) is 14.5. The summed E-state index contributed by atoms with van der Waals surface area (Å²) in [4.78, 5) is 16.2. The van der Waals surface area contributed by atoms with Gasteiger partial charge in [0.05, 0.1) is 12.2 Å². The van der Waals surface area contributed by atoms with Crippen LogP contribution in [0.1, 0.15) is 25.3 Å². The van der Waals surface area contributed by atoms with E-state index in [0.717, 1.165) is 5.56 Å². The second-order valence-electron chi connectivity index (χ2n) is 5.06. The molecule has 2 unspecified atom stereocenters. The van der Waals surface area contributed by atoms with E-state index in [4.69, 9.17) is 5.73 Å². The summed E-state index contributed by atoms with van der Waals surface area (Å²) in [5, 5.41) is 3.01. The summed E-state index contributed by atoms with van der Waals surface area (Å²) in [5.41, 5.74) is 7.35. The molecule has 2 aromatic rings. The first-order valence-electron chi connectivity index (χ1n) is 6.68. The summed E-state index contributed by atoms with van der Waals surface area (Å²) < 4.78 is 1.94. The molecule has 2 rings (SSSR count). The molecule has 5 heteroatoms. The van der Waals surface area contributed by atoms with E-state index in [1.54, 1.807) is 12.5 Å². The molecule has 1 heterocycles. The number of carbonyl (C=O) groups excluding carboxylic acids is 1. The van der Waals surface area contributed by atoms with E-state index < -0.39 is 0 Å². The van der Waals surface area contributed by atoms with Crippen molar-refractivity contribution in [3.05, 3.63) is 48.5 Å². The average Bonchev–Trinajstić information content (AvgIpc) is 2.90. The Balaban J connectivity index is 1.94. The van der Waals surface area contributed by atoms with Crippen LogP contribution in [-0.4, -0.2) is 21.5 Å². The molecule has 0 aliphatic rings. The lowest BCUT2D eigenvalue weighted by Crippen LogP contribution is -2.37. The quantitative estimate of drug-likeness (QED) is 0.815. The van der Waals surface area contributed by atoms with Crippen molar-refractivity contribution >= 4 is 11.6 Å². The number of hydrogen-bond donors (Lipinski definition) is 2. The monoisotopic (exact) mass is 272 g/mol. The van der Waals surface area contributed by atoms with Gasteiger partial charge in [0.15, 0.2) is 0 Å². The van der Waals surface area contributed by atoms with Gasteiger partial charge in [-0.05, 0) is 31.5 Å². The third kappa shape index (κ3) is 3.60. The summed E-state index contributed by atoms with van der Waals surface area (Å²) >= 11 is 0. The van der Waals surface area contributed by atoms with Gasteiger partial charge in [0, 0.05) is 30.7 Å². The van der Waals surface area contributed by atoms with Crippen LogP contribution < -0.4 is 11.1 Å². The number of hydrogen-bond acceptors (Lipinski definition) is 3. The van der Waals surface area contributed by atoms with Crippen molar-refractivity contribution in [2.45, 2.75) is 32.4 Å². The normalized spacial score (nSPS) is 13.7. The average molecular weight is 272 g/mol. The third-order valence-electron chi connectivity index (χ3n) is 3.24. The maximum atomic E-state index is 12.2. The number of nitrogens with one attached hydrogen (secondary N) is 1. The van der Waals surface area contributed by atoms with E-state index in [-0.39, 0.29) is 17.9 Å². The standard InChI is InChI=1S/C15H20N4O/c1-11(9-19-7-6-17-10-19)18-15(20)12(2)13-4-3-5-14(16)8-13/h3-8,10-12H,9,16H2,1-2H3,(H,18,20). The van der Waals surface area contributed by atoms with E-state index >= 15 is 0 Å². The molecule has 20 heavy (non-hydrogen) atoms. The number of carbonyl (C=O) groups is 1. The number of anilines is 1. The number of benzene rings is 1. The van der Waals surface area contributed by atoms with E-state index in [9.17, 15) is 4.79 Å². The molecule has 5 nitrogen and oxygen atoms in total. The van der Waals surface area contributed by atoms with Crippen LogP contribution in [0, 0.1) is 0 Å². The summed E-state index contributed by atoms with van der Waals surface area (Å²) in [7, 11) is 0. The lowest BCUT2D eigenvalue weighted by Gasteiger charge is -2.18. The van der Waals surface area contributed by atoms with Crippen LogP contribution in [0.3, 0.4) is 0 Å². The zero-order valence-electron chi connectivity index (χ0n) is 11.8. The highest BCUT2D eigenvalue weighted by Gasteiger charge is 2.17. The molecule has 1 amide bonds. The van der Waals surface area contributed by atoms with Crippen molar-refractivity contribution in [2.24, 2.45) is 0 Å². The summed E-state index contributed by atoms with van der Waals surface area (Å²) in [6, 6.07) is 7.48. The summed E-state index contributed by atoms with van der Waals surface area (Å²) in [5.74, 6) is -0.216. The van der Waals surface area contributed by atoms with Crippen LogP contribution in [0.2, 0.25) is 0 Å². The van der Waals surface area contributed by atoms with Gasteiger partial charge in [0.1, 0.15) is 0 Å². The summed E-state index contributed by atoms with van der Waals surface area (Å²) in [6.07, 6.45) is 5.35. The predicted octanol–water partition coefficient (Wildman–Crippen LogP) is 1.77. The minimum absolute atomic E-state index is 0.00298. The van der Waals surface area contributed by atoms with Gasteiger partial charge in [0.2, 0.25) is 5.91 Å². The van der Waals surface area contributed by atoms with Crippen molar-refractivity contribution in [3.63, 3.8) is 0 Å². The number of rotatable bonds is 5. The number of aromatic nitrogens is 2. The largest absolute Gasteiger partial charge is 0.399 e. The third-order valence-corrected chi connectivity index (χ3v) is 3.24. The van der Waals surface area contributed by atoms with Crippen LogP contribution in [0.25, 0.3) is 0 Å². The number of nitrogen functional groups attached to an aromatic ring is 1. The molecular weight excluding hydrogens is 252 g/mol. The molecule has 3 N–H and O–H groups in total.